The molecule has 0 aromatic heterocycles. The molecule has 130 valence electrons. The third-order valence-electron chi connectivity index (χ3n) is 3.51. The standard InChI is InChI=1S/C19H20ClN3O2/c1-12-7-8-17(13(2)9-12)21-18(24)10-14(3)22-23-19(25)15-5-4-6-16(20)11-15/h4-9,11H,10H2,1-3H3,(H,21,24)(H,23,25)/b22-14+. The maximum Gasteiger partial charge on any atom is 0.271 e. The van der Waals surface area contributed by atoms with Gasteiger partial charge in [0.2, 0.25) is 5.91 Å². The molecule has 0 aliphatic rings. The Morgan fingerprint density at radius 1 is 1.12 bits per heavy atom. The van der Waals surface area contributed by atoms with E-state index < -0.39 is 0 Å². The van der Waals surface area contributed by atoms with Crippen molar-refractivity contribution in [2.45, 2.75) is 27.2 Å². The van der Waals surface area contributed by atoms with Crippen LogP contribution in [0.5, 0.6) is 0 Å². The monoisotopic (exact) mass is 357 g/mol. The molecule has 0 fully saturated rings. The van der Waals surface area contributed by atoms with Crippen LogP contribution in [0.2, 0.25) is 5.02 Å². The van der Waals surface area contributed by atoms with Gasteiger partial charge in [-0.1, -0.05) is 35.4 Å². The number of nitrogens with zero attached hydrogens (tertiary/aromatic N) is 1. The molecule has 2 aromatic carbocycles. The number of anilines is 1. The molecule has 0 bridgehead atoms. The number of hydrogen-bond donors (Lipinski definition) is 2. The minimum Gasteiger partial charge on any atom is -0.326 e. The molecule has 0 unspecified atom stereocenters. The highest BCUT2D eigenvalue weighted by atomic mass is 35.5. The summed E-state index contributed by atoms with van der Waals surface area (Å²) in [4.78, 5) is 24.1. The fourth-order valence-corrected chi connectivity index (χ4v) is 2.45. The molecule has 0 saturated heterocycles. The summed E-state index contributed by atoms with van der Waals surface area (Å²) in [6.45, 7) is 5.62. The minimum atomic E-state index is -0.378. The van der Waals surface area contributed by atoms with Crippen LogP contribution in [0.15, 0.2) is 47.6 Å². The molecule has 6 heteroatoms. The Hall–Kier alpha value is -2.66. The molecule has 2 N–H and O–H groups in total. The van der Waals surface area contributed by atoms with Crippen LogP contribution in [0.4, 0.5) is 5.69 Å². The molecule has 0 radical (unpaired) electrons. The topological polar surface area (TPSA) is 70.6 Å². The summed E-state index contributed by atoms with van der Waals surface area (Å²) in [5, 5.41) is 7.28. The Morgan fingerprint density at radius 2 is 1.88 bits per heavy atom. The number of amides is 2. The highest BCUT2D eigenvalue weighted by molar-refractivity contribution is 6.30. The molecular weight excluding hydrogens is 338 g/mol. The predicted molar refractivity (Wildman–Crippen MR) is 101 cm³/mol. The number of carbonyl (C=O) groups is 2. The third-order valence-corrected chi connectivity index (χ3v) is 3.74. The van der Waals surface area contributed by atoms with Gasteiger partial charge in [0, 0.05) is 22.0 Å². The molecule has 0 aliphatic carbocycles. The summed E-state index contributed by atoms with van der Waals surface area (Å²) >= 11 is 5.85. The van der Waals surface area contributed by atoms with Crippen LogP contribution < -0.4 is 10.7 Å². The number of halogens is 1. The van der Waals surface area contributed by atoms with E-state index in [2.05, 4.69) is 15.8 Å². The van der Waals surface area contributed by atoms with Crippen LogP contribution >= 0.6 is 11.6 Å². The molecular formula is C19H20ClN3O2. The van der Waals surface area contributed by atoms with Crippen molar-refractivity contribution >= 4 is 34.8 Å². The lowest BCUT2D eigenvalue weighted by Crippen LogP contribution is -2.21. The molecule has 5 nitrogen and oxygen atoms in total. The lowest BCUT2D eigenvalue weighted by Gasteiger charge is -2.09. The summed E-state index contributed by atoms with van der Waals surface area (Å²) in [6.07, 6.45) is 0.0865. The predicted octanol–water partition coefficient (Wildman–Crippen LogP) is 4.09. The van der Waals surface area contributed by atoms with Gasteiger partial charge in [-0.3, -0.25) is 9.59 Å². The van der Waals surface area contributed by atoms with Crippen LogP contribution in [0.25, 0.3) is 0 Å². The van der Waals surface area contributed by atoms with Gasteiger partial charge in [-0.25, -0.2) is 5.43 Å². The van der Waals surface area contributed by atoms with Crippen LogP contribution in [0.3, 0.4) is 0 Å². The van der Waals surface area contributed by atoms with Crippen molar-refractivity contribution in [2.75, 3.05) is 5.32 Å². The third kappa shape index (κ3) is 5.72. The van der Waals surface area contributed by atoms with E-state index >= 15 is 0 Å². The zero-order chi connectivity index (χ0) is 18.4. The average Bonchev–Trinajstić information content (AvgIpc) is 2.55. The lowest BCUT2D eigenvalue weighted by atomic mass is 10.1. The zero-order valence-electron chi connectivity index (χ0n) is 14.4. The van der Waals surface area contributed by atoms with Crippen molar-refractivity contribution in [1.29, 1.82) is 0 Å². The van der Waals surface area contributed by atoms with Gasteiger partial charge in [0.25, 0.3) is 5.91 Å². The molecule has 0 heterocycles. The van der Waals surface area contributed by atoms with E-state index in [0.717, 1.165) is 16.8 Å². The summed E-state index contributed by atoms with van der Waals surface area (Å²) in [7, 11) is 0. The number of aryl methyl sites for hydroxylation is 2. The van der Waals surface area contributed by atoms with Crippen molar-refractivity contribution in [2.24, 2.45) is 5.10 Å². The van der Waals surface area contributed by atoms with Gasteiger partial charge in [-0.15, -0.1) is 0 Å². The fourth-order valence-electron chi connectivity index (χ4n) is 2.26. The molecule has 0 atom stereocenters. The Balaban J connectivity index is 1.92. The summed E-state index contributed by atoms with van der Waals surface area (Å²) in [5.74, 6) is -0.568. The first kappa shape index (κ1) is 18.7. The van der Waals surface area contributed by atoms with E-state index in [1.807, 2.05) is 32.0 Å². The number of rotatable bonds is 5. The first-order chi connectivity index (χ1) is 11.8. The van der Waals surface area contributed by atoms with E-state index in [9.17, 15) is 9.59 Å². The van der Waals surface area contributed by atoms with Crippen LogP contribution in [-0.4, -0.2) is 17.5 Å². The molecule has 0 saturated carbocycles. The Kier molecular flexibility index (Phi) is 6.31. The molecule has 2 rings (SSSR count). The molecule has 0 aliphatic heterocycles. The maximum absolute atomic E-state index is 12.1. The maximum atomic E-state index is 12.1. The van der Waals surface area contributed by atoms with Crippen molar-refractivity contribution in [3.8, 4) is 0 Å². The van der Waals surface area contributed by atoms with E-state index in [0.29, 0.717) is 16.3 Å². The van der Waals surface area contributed by atoms with Gasteiger partial charge in [-0.2, -0.15) is 5.10 Å². The highest BCUT2D eigenvalue weighted by Crippen LogP contribution is 2.16. The summed E-state index contributed by atoms with van der Waals surface area (Å²) in [5.41, 5.74) is 6.23. The zero-order valence-corrected chi connectivity index (χ0v) is 15.1. The van der Waals surface area contributed by atoms with Crippen molar-refractivity contribution in [1.82, 2.24) is 5.43 Å². The Bertz CT molecular complexity index is 831. The van der Waals surface area contributed by atoms with Crippen LogP contribution in [0.1, 0.15) is 34.8 Å². The second-order valence-corrected chi connectivity index (χ2v) is 6.28. The second kappa shape index (κ2) is 8.44. The van der Waals surface area contributed by atoms with Gasteiger partial charge in [0.1, 0.15) is 0 Å². The number of nitrogens with one attached hydrogen (secondary N) is 2. The molecule has 25 heavy (non-hydrogen) atoms. The van der Waals surface area contributed by atoms with Gasteiger partial charge in [0.15, 0.2) is 0 Å². The van der Waals surface area contributed by atoms with Crippen molar-refractivity contribution in [3.63, 3.8) is 0 Å². The van der Waals surface area contributed by atoms with E-state index in [1.165, 1.54) is 0 Å². The number of hydrazone groups is 1. The quantitative estimate of drug-likeness (QED) is 0.625. The van der Waals surface area contributed by atoms with Gasteiger partial charge < -0.3 is 5.32 Å². The molecule has 2 aromatic rings. The van der Waals surface area contributed by atoms with Crippen molar-refractivity contribution in [3.05, 3.63) is 64.2 Å². The van der Waals surface area contributed by atoms with E-state index in [-0.39, 0.29) is 18.2 Å². The van der Waals surface area contributed by atoms with Crippen LogP contribution in [-0.2, 0) is 4.79 Å². The first-order valence-corrected chi connectivity index (χ1v) is 8.19. The number of benzene rings is 2. The normalized spacial score (nSPS) is 11.1. The average molecular weight is 358 g/mol. The minimum absolute atomic E-state index is 0.0865. The first-order valence-electron chi connectivity index (χ1n) is 7.81. The van der Waals surface area contributed by atoms with E-state index in [1.54, 1.807) is 31.2 Å². The number of hydrogen-bond acceptors (Lipinski definition) is 3. The molecule has 2 amide bonds. The van der Waals surface area contributed by atoms with Gasteiger partial charge in [-0.05, 0) is 50.6 Å². The van der Waals surface area contributed by atoms with E-state index in [4.69, 9.17) is 11.6 Å². The van der Waals surface area contributed by atoms with Crippen LogP contribution in [0, 0.1) is 13.8 Å². The van der Waals surface area contributed by atoms with Gasteiger partial charge in [0.05, 0.1) is 6.42 Å². The second-order valence-electron chi connectivity index (χ2n) is 5.84. The lowest BCUT2D eigenvalue weighted by molar-refractivity contribution is -0.115. The highest BCUT2D eigenvalue weighted by Gasteiger charge is 2.08. The smallest absolute Gasteiger partial charge is 0.271 e. The summed E-state index contributed by atoms with van der Waals surface area (Å²) < 4.78 is 0. The van der Waals surface area contributed by atoms with Crippen molar-refractivity contribution < 1.29 is 9.59 Å². The summed E-state index contributed by atoms with van der Waals surface area (Å²) in [6, 6.07) is 12.4. The van der Waals surface area contributed by atoms with Gasteiger partial charge >= 0.3 is 0 Å². The number of carbonyl (C=O) groups excluding carboxylic acids is 2. The Morgan fingerprint density at radius 3 is 2.56 bits per heavy atom. The molecule has 0 spiro atoms. The largest absolute Gasteiger partial charge is 0.326 e. The Labute approximate surface area is 152 Å². The SMILES string of the molecule is C/C(CC(=O)Nc1ccc(C)cc1C)=N\NC(=O)c1cccc(Cl)c1. The fraction of sp³-hybridized carbons (Fsp3) is 0.211.